The number of rotatable bonds is 0. The standard InChI is InChI=1S/4C6H11.Cr/c4*1-2-4-6-5-3-1;/h4*1H,2-6H2;/q4*-1;+4. The van der Waals surface area contributed by atoms with Crippen molar-refractivity contribution in [2.45, 2.75) is 128 Å². The van der Waals surface area contributed by atoms with E-state index in [2.05, 4.69) is 25.7 Å². The van der Waals surface area contributed by atoms with Crippen LogP contribution in [0.3, 0.4) is 0 Å². The maximum atomic E-state index is 2.39. The minimum Gasteiger partial charge on any atom is -0.328 e. The summed E-state index contributed by atoms with van der Waals surface area (Å²) in [5.74, 6) is 0. The van der Waals surface area contributed by atoms with E-state index < -0.39 is 0 Å². The molecule has 0 bridgehead atoms. The van der Waals surface area contributed by atoms with Gasteiger partial charge in [0.15, 0.2) is 0 Å². The number of hydrogen-bond donors (Lipinski definition) is 0. The van der Waals surface area contributed by atoms with E-state index in [9.17, 15) is 0 Å². The van der Waals surface area contributed by atoms with Crippen molar-refractivity contribution in [1.82, 2.24) is 0 Å². The monoisotopic (exact) mass is 384 g/mol. The summed E-state index contributed by atoms with van der Waals surface area (Å²) in [5, 5.41) is 0. The molecule has 0 saturated heterocycles. The normalized spacial score (nSPS) is 23.0. The fourth-order valence-corrected chi connectivity index (χ4v) is 3.59. The average Bonchev–Trinajstić information content (AvgIpc) is 2.75. The molecule has 4 rings (SSSR count). The van der Waals surface area contributed by atoms with Crippen LogP contribution in [0.2, 0.25) is 0 Å². The van der Waals surface area contributed by atoms with E-state index in [1.54, 1.807) is 0 Å². The Kier molecular flexibility index (Phi) is 23.1. The third-order valence-corrected chi connectivity index (χ3v) is 5.27. The number of hydrogen-bond acceptors (Lipinski definition) is 0. The van der Waals surface area contributed by atoms with Gasteiger partial charge in [0, 0.05) is 0 Å². The van der Waals surface area contributed by atoms with Crippen LogP contribution in [0.25, 0.3) is 0 Å². The Balaban J connectivity index is 0.000000303. The summed E-state index contributed by atoms with van der Waals surface area (Å²) < 4.78 is 0. The third-order valence-electron chi connectivity index (χ3n) is 5.27. The first kappa shape index (κ1) is 25.5. The van der Waals surface area contributed by atoms with E-state index in [4.69, 9.17) is 0 Å². The Morgan fingerprint density at radius 3 is 0.440 bits per heavy atom. The topological polar surface area (TPSA) is 0 Å². The van der Waals surface area contributed by atoms with E-state index in [1.165, 1.54) is 128 Å². The van der Waals surface area contributed by atoms with Gasteiger partial charge in [0.05, 0.1) is 0 Å². The van der Waals surface area contributed by atoms with Gasteiger partial charge in [-0.15, -0.1) is 0 Å². The molecule has 25 heavy (non-hydrogen) atoms. The zero-order chi connectivity index (χ0) is 17.0. The van der Waals surface area contributed by atoms with Crippen molar-refractivity contribution in [3.05, 3.63) is 25.7 Å². The van der Waals surface area contributed by atoms with E-state index >= 15 is 0 Å². The van der Waals surface area contributed by atoms with Gasteiger partial charge in [0.25, 0.3) is 0 Å². The molecule has 146 valence electrons. The molecule has 0 aliphatic heterocycles. The first-order chi connectivity index (χ1) is 12.0. The molecule has 4 aliphatic carbocycles. The molecule has 4 saturated carbocycles. The van der Waals surface area contributed by atoms with Crippen molar-refractivity contribution in [1.29, 1.82) is 0 Å². The molecule has 0 nitrogen and oxygen atoms in total. The fraction of sp³-hybridized carbons (Fsp3) is 0.833. The van der Waals surface area contributed by atoms with Crippen molar-refractivity contribution < 1.29 is 17.4 Å². The molecule has 0 atom stereocenters. The molecular weight excluding hydrogens is 340 g/mol. The summed E-state index contributed by atoms with van der Waals surface area (Å²) in [7, 11) is 0. The first-order valence-electron chi connectivity index (χ1n) is 11.3. The Hall–Kier alpha value is 0.532. The molecule has 0 heterocycles. The first-order valence-corrected chi connectivity index (χ1v) is 11.3. The summed E-state index contributed by atoms with van der Waals surface area (Å²) in [5.41, 5.74) is 0. The largest absolute Gasteiger partial charge is 4.00 e. The molecule has 0 unspecified atom stereocenters. The Morgan fingerprint density at radius 2 is 0.400 bits per heavy atom. The molecule has 0 radical (unpaired) electrons. The molecule has 0 N–H and O–H groups in total. The zero-order valence-electron chi connectivity index (χ0n) is 16.9. The summed E-state index contributed by atoms with van der Waals surface area (Å²) in [4.78, 5) is 0. The van der Waals surface area contributed by atoms with Crippen molar-refractivity contribution >= 4 is 0 Å². The van der Waals surface area contributed by atoms with E-state index in [1.807, 2.05) is 0 Å². The molecule has 4 fully saturated rings. The summed E-state index contributed by atoms with van der Waals surface area (Å²) in [6, 6.07) is 0. The van der Waals surface area contributed by atoms with Crippen LogP contribution in [0.4, 0.5) is 0 Å². The van der Waals surface area contributed by atoms with E-state index in [0.717, 1.165) is 0 Å². The molecule has 0 aromatic heterocycles. The quantitative estimate of drug-likeness (QED) is 0.367. The van der Waals surface area contributed by atoms with Crippen molar-refractivity contribution in [2.75, 3.05) is 0 Å². The molecule has 1 heteroatoms. The average molecular weight is 385 g/mol. The van der Waals surface area contributed by atoms with Gasteiger partial charge in [-0.25, -0.2) is 0 Å². The predicted molar refractivity (Wildman–Crippen MR) is 110 cm³/mol. The molecule has 0 aromatic rings. The van der Waals surface area contributed by atoms with Crippen molar-refractivity contribution in [2.24, 2.45) is 0 Å². The maximum absolute atomic E-state index is 2.39. The molecule has 0 aromatic carbocycles. The van der Waals surface area contributed by atoms with Gasteiger partial charge in [-0.05, 0) is 0 Å². The van der Waals surface area contributed by atoms with Crippen LogP contribution < -0.4 is 0 Å². The molecule has 0 amide bonds. The van der Waals surface area contributed by atoms with E-state index in [-0.39, 0.29) is 17.4 Å². The second kappa shape index (κ2) is 22.6. The summed E-state index contributed by atoms with van der Waals surface area (Å²) in [6.45, 7) is 0. The SMILES string of the molecule is [CH-]1CCCCC1.[CH-]1CCCCC1.[CH-]1CCCCC1.[CH-]1CCCCC1.[Cr+4]. The van der Waals surface area contributed by atoms with Crippen molar-refractivity contribution in [3.63, 3.8) is 0 Å². The minimum absolute atomic E-state index is 0. The zero-order valence-corrected chi connectivity index (χ0v) is 18.1. The van der Waals surface area contributed by atoms with E-state index in [0.29, 0.717) is 0 Å². The van der Waals surface area contributed by atoms with Gasteiger partial charge in [0.1, 0.15) is 0 Å². The Labute approximate surface area is 171 Å². The fourth-order valence-electron chi connectivity index (χ4n) is 3.59. The maximum Gasteiger partial charge on any atom is 4.00 e. The van der Waals surface area contributed by atoms with Crippen LogP contribution in [0, 0.1) is 25.7 Å². The molecular formula is C24H44Cr. The van der Waals surface area contributed by atoms with Crippen LogP contribution >= 0.6 is 0 Å². The smallest absolute Gasteiger partial charge is 0.328 e. The second-order valence-corrected chi connectivity index (χ2v) is 7.71. The van der Waals surface area contributed by atoms with Crippen LogP contribution in [0.15, 0.2) is 0 Å². The Morgan fingerprint density at radius 1 is 0.240 bits per heavy atom. The van der Waals surface area contributed by atoms with Gasteiger partial charge < -0.3 is 25.7 Å². The molecule has 4 aliphatic rings. The van der Waals surface area contributed by atoms with Gasteiger partial charge in [0.2, 0.25) is 0 Å². The molecule has 0 spiro atoms. The van der Waals surface area contributed by atoms with Gasteiger partial charge >= 0.3 is 17.4 Å². The van der Waals surface area contributed by atoms with Gasteiger partial charge in [-0.3, -0.25) is 0 Å². The minimum atomic E-state index is 0. The van der Waals surface area contributed by atoms with Crippen molar-refractivity contribution in [3.8, 4) is 0 Å². The Bertz CT molecular complexity index is 116. The van der Waals surface area contributed by atoms with Crippen LogP contribution in [0.1, 0.15) is 128 Å². The summed E-state index contributed by atoms with van der Waals surface area (Å²) >= 11 is 0. The van der Waals surface area contributed by atoms with Gasteiger partial charge in [-0.1, -0.05) is 77.0 Å². The van der Waals surface area contributed by atoms with Gasteiger partial charge in [-0.2, -0.15) is 51.4 Å². The predicted octanol–water partition coefficient (Wildman–Crippen LogP) is 8.62. The summed E-state index contributed by atoms with van der Waals surface area (Å²) in [6.07, 6.45) is 38.0. The third kappa shape index (κ3) is 20.7. The second-order valence-electron chi connectivity index (χ2n) is 7.71. The van der Waals surface area contributed by atoms with Crippen LogP contribution in [-0.2, 0) is 17.4 Å². The van der Waals surface area contributed by atoms with Crippen LogP contribution in [-0.4, -0.2) is 0 Å². The van der Waals surface area contributed by atoms with Crippen LogP contribution in [0.5, 0.6) is 0 Å².